The molecule has 0 aliphatic rings. The van der Waals surface area contributed by atoms with Crippen LogP contribution >= 0.6 is 0 Å². The predicted molar refractivity (Wildman–Crippen MR) is 58.4 cm³/mol. The molecule has 0 saturated carbocycles. The second-order valence-corrected chi connectivity index (χ2v) is 3.57. The van der Waals surface area contributed by atoms with E-state index in [1.165, 1.54) is 0 Å². The van der Waals surface area contributed by atoms with Crippen molar-refractivity contribution in [1.29, 1.82) is 0 Å². The van der Waals surface area contributed by atoms with Crippen LogP contribution in [0.4, 0.5) is 0 Å². The number of rotatable bonds is 4. The van der Waals surface area contributed by atoms with Crippen molar-refractivity contribution < 1.29 is 14.6 Å². The molecule has 3 heteroatoms. The van der Waals surface area contributed by atoms with Crippen LogP contribution in [0.25, 0.3) is 0 Å². The fourth-order valence-corrected chi connectivity index (χ4v) is 1.59. The van der Waals surface area contributed by atoms with E-state index in [2.05, 4.69) is 0 Å². The van der Waals surface area contributed by atoms with Crippen LogP contribution < -0.4 is 4.74 Å². The molecule has 1 rings (SSSR count). The van der Waals surface area contributed by atoms with Crippen molar-refractivity contribution in [2.24, 2.45) is 0 Å². The third-order valence-electron chi connectivity index (χ3n) is 2.68. The lowest BCUT2D eigenvalue weighted by molar-refractivity contribution is -0.136. The van der Waals surface area contributed by atoms with Crippen molar-refractivity contribution >= 4 is 5.97 Å². The highest BCUT2D eigenvalue weighted by Gasteiger charge is 2.07. The van der Waals surface area contributed by atoms with E-state index in [-0.39, 0.29) is 6.42 Å². The molecule has 0 aliphatic heterocycles. The smallest absolute Gasteiger partial charge is 0.303 e. The molecule has 82 valence electrons. The number of carboxylic acids is 1. The Labute approximate surface area is 89.7 Å². The maximum Gasteiger partial charge on any atom is 0.303 e. The minimum absolute atomic E-state index is 0.173. The Morgan fingerprint density at radius 3 is 2.53 bits per heavy atom. The molecule has 1 aromatic rings. The van der Waals surface area contributed by atoms with Crippen LogP contribution in [-0.2, 0) is 11.2 Å². The molecule has 0 atom stereocenters. The average molecular weight is 208 g/mol. The SMILES string of the molecule is COc1ccc(CCC(=O)O)c(C)c1C. The second kappa shape index (κ2) is 4.82. The van der Waals surface area contributed by atoms with Gasteiger partial charge < -0.3 is 9.84 Å². The lowest BCUT2D eigenvalue weighted by atomic mass is 9.99. The fraction of sp³-hybridized carbons (Fsp3) is 0.417. The molecule has 0 heterocycles. The number of methoxy groups -OCH3 is 1. The summed E-state index contributed by atoms with van der Waals surface area (Å²) in [5, 5.41) is 8.61. The quantitative estimate of drug-likeness (QED) is 0.826. The highest BCUT2D eigenvalue weighted by atomic mass is 16.5. The normalized spacial score (nSPS) is 10.1. The zero-order valence-corrected chi connectivity index (χ0v) is 9.33. The summed E-state index contributed by atoms with van der Waals surface area (Å²) in [6.45, 7) is 3.98. The number of benzene rings is 1. The molecule has 0 aliphatic carbocycles. The molecule has 0 unspecified atom stereocenters. The Bertz CT molecular complexity index is 369. The highest BCUT2D eigenvalue weighted by molar-refractivity contribution is 5.67. The van der Waals surface area contributed by atoms with E-state index in [0.29, 0.717) is 6.42 Å². The molecular formula is C12H16O3. The highest BCUT2D eigenvalue weighted by Crippen LogP contribution is 2.24. The molecule has 3 nitrogen and oxygen atoms in total. The summed E-state index contributed by atoms with van der Waals surface area (Å²) < 4.78 is 5.19. The lowest BCUT2D eigenvalue weighted by Gasteiger charge is -2.11. The molecule has 15 heavy (non-hydrogen) atoms. The van der Waals surface area contributed by atoms with Gasteiger partial charge in [0.15, 0.2) is 0 Å². The average Bonchev–Trinajstić information content (AvgIpc) is 2.20. The summed E-state index contributed by atoms with van der Waals surface area (Å²) in [4.78, 5) is 10.5. The van der Waals surface area contributed by atoms with Gasteiger partial charge in [-0.25, -0.2) is 0 Å². The van der Waals surface area contributed by atoms with Gasteiger partial charge in [0.05, 0.1) is 7.11 Å². The summed E-state index contributed by atoms with van der Waals surface area (Å²) in [5.41, 5.74) is 3.28. The minimum atomic E-state index is -0.761. The molecule has 0 amide bonds. The van der Waals surface area contributed by atoms with E-state index in [1.54, 1.807) is 7.11 Å². The van der Waals surface area contributed by atoms with Crippen molar-refractivity contribution in [3.05, 3.63) is 28.8 Å². The van der Waals surface area contributed by atoms with E-state index in [1.807, 2.05) is 26.0 Å². The summed E-state index contributed by atoms with van der Waals surface area (Å²) in [6.07, 6.45) is 0.749. The van der Waals surface area contributed by atoms with Crippen molar-refractivity contribution in [3.63, 3.8) is 0 Å². The number of hydrogen-bond donors (Lipinski definition) is 1. The number of carbonyl (C=O) groups is 1. The van der Waals surface area contributed by atoms with Gasteiger partial charge in [-0.05, 0) is 43.0 Å². The topological polar surface area (TPSA) is 46.5 Å². The monoisotopic (exact) mass is 208 g/mol. The van der Waals surface area contributed by atoms with Crippen LogP contribution in [0.3, 0.4) is 0 Å². The number of hydrogen-bond acceptors (Lipinski definition) is 2. The summed E-state index contributed by atoms with van der Waals surface area (Å²) >= 11 is 0. The summed E-state index contributed by atoms with van der Waals surface area (Å²) in [7, 11) is 1.64. The fourth-order valence-electron chi connectivity index (χ4n) is 1.59. The van der Waals surface area contributed by atoms with Crippen LogP contribution in [0.5, 0.6) is 5.75 Å². The van der Waals surface area contributed by atoms with Gasteiger partial charge in [-0.3, -0.25) is 4.79 Å². The molecule has 0 spiro atoms. The molecule has 0 fully saturated rings. The van der Waals surface area contributed by atoms with E-state index < -0.39 is 5.97 Å². The van der Waals surface area contributed by atoms with Gasteiger partial charge in [0.1, 0.15) is 5.75 Å². The van der Waals surface area contributed by atoms with Crippen LogP contribution in [-0.4, -0.2) is 18.2 Å². The molecule has 0 saturated heterocycles. The Kier molecular flexibility index (Phi) is 3.72. The maximum atomic E-state index is 10.5. The molecule has 1 aromatic carbocycles. The van der Waals surface area contributed by atoms with Gasteiger partial charge >= 0.3 is 5.97 Å². The van der Waals surface area contributed by atoms with Crippen molar-refractivity contribution in [2.75, 3.05) is 7.11 Å². The van der Waals surface area contributed by atoms with Gasteiger partial charge in [-0.1, -0.05) is 6.07 Å². The van der Waals surface area contributed by atoms with Crippen molar-refractivity contribution in [1.82, 2.24) is 0 Å². The Balaban J connectivity index is 2.91. The first-order valence-corrected chi connectivity index (χ1v) is 4.91. The molecule has 0 radical (unpaired) electrons. The Hall–Kier alpha value is -1.51. The molecule has 0 aromatic heterocycles. The van der Waals surface area contributed by atoms with E-state index in [4.69, 9.17) is 9.84 Å². The number of ether oxygens (including phenoxy) is 1. The molecular weight excluding hydrogens is 192 g/mol. The minimum Gasteiger partial charge on any atom is -0.496 e. The third kappa shape index (κ3) is 2.72. The van der Waals surface area contributed by atoms with Gasteiger partial charge in [0.2, 0.25) is 0 Å². The van der Waals surface area contributed by atoms with Gasteiger partial charge in [-0.15, -0.1) is 0 Å². The first-order valence-electron chi connectivity index (χ1n) is 4.91. The Morgan fingerprint density at radius 2 is 2.00 bits per heavy atom. The maximum absolute atomic E-state index is 10.5. The zero-order chi connectivity index (χ0) is 11.4. The van der Waals surface area contributed by atoms with Gasteiger partial charge in [0, 0.05) is 6.42 Å². The third-order valence-corrected chi connectivity index (χ3v) is 2.68. The summed E-state index contributed by atoms with van der Waals surface area (Å²) in [5.74, 6) is 0.0921. The standard InChI is InChI=1S/C12H16O3/c1-8-9(2)11(15-3)6-4-10(8)5-7-12(13)14/h4,6H,5,7H2,1-3H3,(H,13,14). The van der Waals surface area contributed by atoms with Crippen molar-refractivity contribution in [2.45, 2.75) is 26.7 Å². The van der Waals surface area contributed by atoms with Gasteiger partial charge in [0.25, 0.3) is 0 Å². The first-order chi connectivity index (χ1) is 7.06. The number of aryl methyl sites for hydroxylation is 1. The van der Waals surface area contributed by atoms with Crippen LogP contribution in [0.2, 0.25) is 0 Å². The predicted octanol–water partition coefficient (Wildman–Crippen LogP) is 2.33. The van der Waals surface area contributed by atoms with E-state index in [0.717, 1.165) is 22.4 Å². The van der Waals surface area contributed by atoms with E-state index >= 15 is 0 Å². The largest absolute Gasteiger partial charge is 0.496 e. The first kappa shape index (κ1) is 11.6. The lowest BCUT2D eigenvalue weighted by Crippen LogP contribution is -2.01. The second-order valence-electron chi connectivity index (χ2n) is 3.57. The van der Waals surface area contributed by atoms with E-state index in [9.17, 15) is 4.79 Å². The van der Waals surface area contributed by atoms with Crippen LogP contribution in [0, 0.1) is 13.8 Å². The Morgan fingerprint density at radius 1 is 1.33 bits per heavy atom. The van der Waals surface area contributed by atoms with Gasteiger partial charge in [-0.2, -0.15) is 0 Å². The number of carboxylic acid groups (broad SMARTS) is 1. The van der Waals surface area contributed by atoms with Crippen LogP contribution in [0.15, 0.2) is 12.1 Å². The molecule has 1 N–H and O–H groups in total. The molecule has 0 bridgehead atoms. The number of aliphatic carboxylic acids is 1. The summed E-state index contributed by atoms with van der Waals surface area (Å²) in [6, 6.07) is 3.82. The van der Waals surface area contributed by atoms with Crippen LogP contribution in [0.1, 0.15) is 23.1 Å². The van der Waals surface area contributed by atoms with Crippen molar-refractivity contribution in [3.8, 4) is 5.75 Å². The zero-order valence-electron chi connectivity index (χ0n) is 9.33.